The van der Waals surface area contributed by atoms with Gasteiger partial charge in [0.15, 0.2) is 0 Å². The van der Waals surface area contributed by atoms with Crippen molar-refractivity contribution in [1.82, 2.24) is 4.98 Å². The van der Waals surface area contributed by atoms with Crippen LogP contribution in [0.5, 0.6) is 0 Å². The van der Waals surface area contributed by atoms with Gasteiger partial charge >= 0.3 is 11.8 Å². The molecule has 108 valence electrons. The first-order valence-electron chi connectivity index (χ1n) is 6.16. The van der Waals surface area contributed by atoms with Crippen LogP contribution < -0.4 is 5.32 Å². The summed E-state index contributed by atoms with van der Waals surface area (Å²) in [5, 5.41) is 13.2. The van der Waals surface area contributed by atoms with Gasteiger partial charge in [-0.2, -0.15) is 0 Å². The summed E-state index contributed by atoms with van der Waals surface area (Å²) in [7, 11) is 0. The molecule has 0 atom stereocenters. The molecule has 7 heteroatoms. The van der Waals surface area contributed by atoms with E-state index in [2.05, 4.69) is 10.3 Å². The summed E-state index contributed by atoms with van der Waals surface area (Å²) in [6, 6.07) is 11.9. The molecule has 0 aliphatic rings. The molecule has 1 aromatic heterocycles. The van der Waals surface area contributed by atoms with E-state index >= 15 is 0 Å². The van der Waals surface area contributed by atoms with Gasteiger partial charge in [0.05, 0.1) is 4.92 Å². The van der Waals surface area contributed by atoms with Gasteiger partial charge in [-0.3, -0.25) is 15.4 Å². The second kappa shape index (κ2) is 6.47. The topological polar surface area (TPSA) is 94.4 Å². The highest BCUT2D eigenvalue weighted by atomic mass is 16.6. The predicted molar refractivity (Wildman–Crippen MR) is 75.9 cm³/mol. The lowest BCUT2D eigenvalue weighted by molar-refractivity contribution is -0.384. The molecular formula is C14H13N3O4. The Morgan fingerprint density at radius 3 is 2.67 bits per heavy atom. The van der Waals surface area contributed by atoms with Crippen LogP contribution in [0.1, 0.15) is 11.3 Å². The molecule has 0 radical (unpaired) electrons. The Labute approximate surface area is 120 Å². The summed E-state index contributed by atoms with van der Waals surface area (Å²) in [5.74, 6) is -0.127. The number of nitrogens with zero attached hydrogens (tertiary/aromatic N) is 2. The maximum atomic E-state index is 11.7. The molecule has 0 bridgehead atoms. The van der Waals surface area contributed by atoms with Gasteiger partial charge in [-0.1, -0.05) is 30.3 Å². The van der Waals surface area contributed by atoms with Crippen LogP contribution in [0.25, 0.3) is 0 Å². The Morgan fingerprint density at radius 2 is 2.00 bits per heavy atom. The average molecular weight is 287 g/mol. The van der Waals surface area contributed by atoms with Crippen molar-refractivity contribution in [3.05, 3.63) is 63.8 Å². The van der Waals surface area contributed by atoms with Gasteiger partial charge in [0.25, 0.3) is 0 Å². The molecule has 0 aliphatic heterocycles. The molecule has 2 rings (SSSR count). The fourth-order valence-corrected chi connectivity index (χ4v) is 1.64. The Bertz CT molecular complexity index is 659. The van der Waals surface area contributed by atoms with Gasteiger partial charge in [0, 0.05) is 11.8 Å². The third kappa shape index (κ3) is 4.00. The predicted octanol–water partition coefficient (Wildman–Crippen LogP) is 3.05. The van der Waals surface area contributed by atoms with Gasteiger partial charge < -0.3 is 4.74 Å². The summed E-state index contributed by atoms with van der Waals surface area (Å²) in [5.41, 5.74) is 1.09. The highest BCUT2D eigenvalue weighted by Crippen LogP contribution is 2.22. The largest absolute Gasteiger partial charge is 0.444 e. The fourth-order valence-electron chi connectivity index (χ4n) is 1.64. The van der Waals surface area contributed by atoms with Gasteiger partial charge in [-0.05, 0) is 18.6 Å². The van der Waals surface area contributed by atoms with Gasteiger partial charge in [0.2, 0.25) is 5.82 Å². The maximum absolute atomic E-state index is 11.7. The van der Waals surface area contributed by atoms with Crippen molar-refractivity contribution in [2.45, 2.75) is 13.5 Å². The molecule has 1 aromatic carbocycles. The first-order valence-corrected chi connectivity index (χ1v) is 6.16. The summed E-state index contributed by atoms with van der Waals surface area (Å²) in [6.45, 7) is 1.75. The van der Waals surface area contributed by atoms with Crippen LogP contribution in [-0.4, -0.2) is 16.0 Å². The van der Waals surface area contributed by atoms with Crippen molar-refractivity contribution in [3.8, 4) is 0 Å². The van der Waals surface area contributed by atoms with Gasteiger partial charge in [-0.15, -0.1) is 0 Å². The molecule has 0 saturated heterocycles. The smallest absolute Gasteiger partial charge is 0.413 e. The Hall–Kier alpha value is -2.96. The number of pyridine rings is 1. The standard InChI is InChI=1S/C14H13N3O4/c1-10-7-8-12(17(19)20)13(15-10)16-14(18)21-9-11-5-3-2-4-6-11/h2-8H,9H2,1H3,(H,15,16,18). The first kappa shape index (κ1) is 14.4. The van der Waals surface area contributed by atoms with Crippen molar-refractivity contribution in [3.63, 3.8) is 0 Å². The molecule has 0 spiro atoms. The molecule has 1 amide bonds. The van der Waals surface area contributed by atoms with Crippen LogP contribution in [0.15, 0.2) is 42.5 Å². The zero-order valence-corrected chi connectivity index (χ0v) is 11.3. The van der Waals surface area contributed by atoms with Crippen molar-refractivity contribution in [2.75, 3.05) is 5.32 Å². The highest BCUT2D eigenvalue weighted by Gasteiger charge is 2.18. The number of nitrogens with one attached hydrogen (secondary N) is 1. The van der Waals surface area contributed by atoms with Crippen LogP contribution in [0, 0.1) is 17.0 Å². The number of ether oxygens (including phenoxy) is 1. The molecule has 7 nitrogen and oxygen atoms in total. The van der Waals surface area contributed by atoms with E-state index in [1.165, 1.54) is 12.1 Å². The molecule has 0 fully saturated rings. The van der Waals surface area contributed by atoms with E-state index in [1.54, 1.807) is 19.1 Å². The third-order valence-corrected chi connectivity index (χ3v) is 2.64. The Kier molecular flexibility index (Phi) is 4.45. The number of amides is 1. The maximum Gasteiger partial charge on any atom is 0.413 e. The lowest BCUT2D eigenvalue weighted by Gasteiger charge is -2.07. The van der Waals surface area contributed by atoms with E-state index in [0.717, 1.165) is 5.56 Å². The lowest BCUT2D eigenvalue weighted by Crippen LogP contribution is -2.16. The van der Waals surface area contributed by atoms with Crippen LogP contribution in [0.3, 0.4) is 0 Å². The van der Waals surface area contributed by atoms with Crippen LogP contribution >= 0.6 is 0 Å². The van der Waals surface area contributed by atoms with Crippen molar-refractivity contribution in [1.29, 1.82) is 0 Å². The van der Waals surface area contributed by atoms with Gasteiger partial charge in [-0.25, -0.2) is 9.78 Å². The number of hydrogen-bond donors (Lipinski definition) is 1. The van der Waals surface area contributed by atoms with Crippen LogP contribution in [0.4, 0.5) is 16.3 Å². The summed E-state index contributed by atoms with van der Waals surface area (Å²) in [6.07, 6.45) is -0.792. The molecule has 21 heavy (non-hydrogen) atoms. The third-order valence-electron chi connectivity index (χ3n) is 2.64. The second-order valence-electron chi connectivity index (χ2n) is 4.26. The van der Waals surface area contributed by atoms with Crippen LogP contribution in [0.2, 0.25) is 0 Å². The van der Waals surface area contributed by atoms with E-state index in [9.17, 15) is 14.9 Å². The molecule has 2 aromatic rings. The molecule has 0 saturated carbocycles. The molecule has 1 heterocycles. The molecule has 0 aliphatic carbocycles. The van der Waals surface area contributed by atoms with E-state index in [0.29, 0.717) is 5.69 Å². The number of benzene rings is 1. The number of carbonyl (C=O) groups excluding carboxylic acids is 1. The molecule has 0 unspecified atom stereocenters. The number of nitro groups is 1. The molecular weight excluding hydrogens is 274 g/mol. The normalized spacial score (nSPS) is 9.95. The van der Waals surface area contributed by atoms with Crippen molar-refractivity contribution >= 4 is 17.6 Å². The number of rotatable bonds is 4. The van der Waals surface area contributed by atoms with Crippen molar-refractivity contribution in [2.24, 2.45) is 0 Å². The van der Waals surface area contributed by atoms with Gasteiger partial charge in [0.1, 0.15) is 6.61 Å². The minimum absolute atomic E-state index is 0.0757. The zero-order chi connectivity index (χ0) is 15.2. The Morgan fingerprint density at radius 1 is 1.29 bits per heavy atom. The minimum Gasteiger partial charge on any atom is -0.444 e. The number of aryl methyl sites for hydroxylation is 1. The number of aromatic nitrogens is 1. The Balaban J connectivity index is 2.02. The number of anilines is 1. The monoisotopic (exact) mass is 287 g/mol. The number of carbonyl (C=O) groups is 1. The second-order valence-corrected chi connectivity index (χ2v) is 4.26. The van der Waals surface area contributed by atoms with E-state index in [-0.39, 0.29) is 18.1 Å². The summed E-state index contributed by atoms with van der Waals surface area (Å²) in [4.78, 5) is 25.9. The van der Waals surface area contributed by atoms with E-state index < -0.39 is 11.0 Å². The average Bonchev–Trinajstić information content (AvgIpc) is 2.46. The molecule has 1 N–H and O–H groups in total. The summed E-state index contributed by atoms with van der Waals surface area (Å²) >= 11 is 0. The highest BCUT2D eigenvalue weighted by molar-refractivity contribution is 5.86. The fraction of sp³-hybridized carbons (Fsp3) is 0.143. The SMILES string of the molecule is Cc1ccc([N+](=O)[O-])c(NC(=O)OCc2ccccc2)n1. The minimum atomic E-state index is -0.792. The first-order chi connectivity index (χ1) is 10.1. The van der Waals surface area contributed by atoms with E-state index in [4.69, 9.17) is 4.74 Å². The quantitative estimate of drug-likeness (QED) is 0.689. The van der Waals surface area contributed by atoms with E-state index in [1.807, 2.05) is 18.2 Å². The summed E-state index contributed by atoms with van der Waals surface area (Å²) < 4.78 is 4.99. The van der Waals surface area contributed by atoms with Crippen LogP contribution in [-0.2, 0) is 11.3 Å². The van der Waals surface area contributed by atoms with Crippen molar-refractivity contribution < 1.29 is 14.5 Å². The number of hydrogen-bond acceptors (Lipinski definition) is 5. The zero-order valence-electron chi connectivity index (χ0n) is 11.3. The lowest BCUT2D eigenvalue weighted by atomic mass is 10.2.